The quantitative estimate of drug-likeness (QED) is 0.726. The average Bonchev–Trinajstić information content (AvgIpc) is 2.51. The Labute approximate surface area is 150 Å². The van der Waals surface area contributed by atoms with E-state index in [1.165, 1.54) is 0 Å². The second-order valence-electron chi connectivity index (χ2n) is 8.38. The van der Waals surface area contributed by atoms with Gasteiger partial charge in [0.1, 0.15) is 5.75 Å². The topological polar surface area (TPSA) is 56.4 Å². The molecule has 0 saturated carbocycles. The molecule has 25 heavy (non-hydrogen) atoms. The number of rotatable bonds is 2. The molecule has 0 fully saturated rings. The van der Waals surface area contributed by atoms with Crippen LogP contribution >= 0.6 is 0 Å². The molecule has 0 saturated heterocycles. The molecule has 0 heterocycles. The van der Waals surface area contributed by atoms with E-state index in [0.29, 0.717) is 16.8 Å². The molecule has 0 unspecified atom stereocenters. The van der Waals surface area contributed by atoms with Crippen molar-refractivity contribution in [3.63, 3.8) is 0 Å². The van der Waals surface area contributed by atoms with E-state index in [9.17, 15) is 5.11 Å². The van der Waals surface area contributed by atoms with E-state index in [4.69, 9.17) is 5.26 Å². The Morgan fingerprint density at radius 3 is 2.24 bits per heavy atom. The van der Waals surface area contributed by atoms with E-state index in [2.05, 4.69) is 58.7 Å². The summed E-state index contributed by atoms with van der Waals surface area (Å²) in [5.41, 5.74) is 3.81. The van der Waals surface area contributed by atoms with Gasteiger partial charge in [0.05, 0.1) is 17.3 Å². The maximum absolute atomic E-state index is 10.7. The van der Waals surface area contributed by atoms with E-state index in [0.717, 1.165) is 11.1 Å². The van der Waals surface area contributed by atoms with Crippen LogP contribution < -0.4 is 0 Å². The summed E-state index contributed by atoms with van der Waals surface area (Å²) in [5.74, 6) is 0.265. The minimum Gasteiger partial charge on any atom is -0.507 e. The molecule has 0 aromatic heterocycles. The first kappa shape index (κ1) is 18.7. The highest BCUT2D eigenvalue weighted by molar-refractivity contribution is 5.86. The van der Waals surface area contributed by atoms with Gasteiger partial charge in [-0.1, -0.05) is 53.7 Å². The first-order valence-corrected chi connectivity index (χ1v) is 8.44. The molecule has 0 amide bonds. The zero-order valence-electron chi connectivity index (χ0n) is 15.9. The van der Waals surface area contributed by atoms with Gasteiger partial charge >= 0.3 is 0 Å². The Morgan fingerprint density at radius 1 is 1.00 bits per heavy atom. The summed E-state index contributed by atoms with van der Waals surface area (Å²) in [5, 5.41) is 19.8. The Balaban J connectivity index is 2.56. The Bertz CT molecular complexity index is 844. The molecule has 0 aliphatic carbocycles. The molecule has 2 rings (SSSR count). The van der Waals surface area contributed by atoms with Gasteiger partial charge in [-0.15, -0.1) is 0 Å². The number of phenolic OH excluding ortho intramolecular Hbond substituents is 1. The van der Waals surface area contributed by atoms with Gasteiger partial charge in [-0.05, 0) is 40.7 Å². The molecule has 2 aromatic rings. The third-order valence-corrected chi connectivity index (χ3v) is 4.14. The van der Waals surface area contributed by atoms with Crippen molar-refractivity contribution in [1.29, 1.82) is 5.26 Å². The van der Waals surface area contributed by atoms with Gasteiger partial charge in [0, 0.05) is 17.3 Å². The van der Waals surface area contributed by atoms with Crippen LogP contribution in [0, 0.1) is 11.3 Å². The van der Waals surface area contributed by atoms with Crippen molar-refractivity contribution < 1.29 is 5.11 Å². The van der Waals surface area contributed by atoms with Crippen molar-refractivity contribution in [3.05, 3.63) is 58.7 Å². The number of nitrogens with zero attached hydrogens (tertiary/aromatic N) is 2. The zero-order chi connectivity index (χ0) is 18.8. The van der Waals surface area contributed by atoms with Crippen LogP contribution in [0.2, 0.25) is 0 Å². The molecule has 0 atom stereocenters. The lowest BCUT2D eigenvalue weighted by molar-refractivity contribution is 0.444. The second-order valence-corrected chi connectivity index (χ2v) is 8.38. The van der Waals surface area contributed by atoms with E-state index < -0.39 is 0 Å². The summed E-state index contributed by atoms with van der Waals surface area (Å²) in [6, 6.07) is 13.3. The van der Waals surface area contributed by atoms with E-state index in [1.807, 2.05) is 12.1 Å². The highest BCUT2D eigenvalue weighted by atomic mass is 16.3. The van der Waals surface area contributed by atoms with Gasteiger partial charge in [0.25, 0.3) is 0 Å². The summed E-state index contributed by atoms with van der Waals surface area (Å²) in [4.78, 5) is 4.46. The molecule has 3 nitrogen and oxygen atoms in total. The van der Waals surface area contributed by atoms with Crippen LogP contribution in [0.15, 0.2) is 41.4 Å². The maximum atomic E-state index is 10.7. The maximum Gasteiger partial charge on any atom is 0.128 e. The molecule has 0 aliphatic heterocycles. The van der Waals surface area contributed by atoms with Crippen molar-refractivity contribution in [1.82, 2.24) is 0 Å². The number of phenols is 1. The van der Waals surface area contributed by atoms with Gasteiger partial charge in [0.15, 0.2) is 0 Å². The predicted molar refractivity (Wildman–Crippen MR) is 104 cm³/mol. The van der Waals surface area contributed by atoms with Gasteiger partial charge in [-0.2, -0.15) is 5.26 Å². The normalized spacial score (nSPS) is 12.4. The van der Waals surface area contributed by atoms with Crippen molar-refractivity contribution in [3.8, 4) is 11.8 Å². The Hall–Kier alpha value is -2.60. The average molecular weight is 334 g/mol. The minimum atomic E-state index is -0.172. The smallest absolute Gasteiger partial charge is 0.128 e. The zero-order valence-corrected chi connectivity index (χ0v) is 15.9. The molecule has 0 radical (unpaired) electrons. The molecule has 0 aliphatic rings. The summed E-state index contributed by atoms with van der Waals surface area (Å²) in [6.07, 6.45) is 1.68. The van der Waals surface area contributed by atoms with E-state index in [-0.39, 0.29) is 16.6 Å². The van der Waals surface area contributed by atoms with Gasteiger partial charge in [-0.25, -0.2) is 0 Å². The summed E-state index contributed by atoms with van der Waals surface area (Å²) >= 11 is 0. The highest BCUT2D eigenvalue weighted by Gasteiger charge is 2.24. The number of hydrogen-bond acceptors (Lipinski definition) is 3. The largest absolute Gasteiger partial charge is 0.507 e. The fourth-order valence-corrected chi connectivity index (χ4v) is 2.56. The molecular weight excluding hydrogens is 308 g/mol. The first-order valence-electron chi connectivity index (χ1n) is 8.44. The van der Waals surface area contributed by atoms with Crippen LogP contribution in [0.3, 0.4) is 0 Å². The Kier molecular flexibility index (Phi) is 5.04. The number of benzene rings is 2. The molecule has 2 aromatic carbocycles. The summed E-state index contributed by atoms with van der Waals surface area (Å²) in [7, 11) is 0. The molecule has 0 bridgehead atoms. The molecule has 1 N–H and O–H groups in total. The molecule has 3 heteroatoms. The van der Waals surface area contributed by atoms with E-state index >= 15 is 0 Å². The summed E-state index contributed by atoms with van der Waals surface area (Å²) in [6.45, 7) is 12.7. The molecule has 130 valence electrons. The standard InChI is InChI=1S/C22H26N2O/c1-21(2,3)17-11-16(20(25)19(12-17)22(4,5)6)14-24-18-9-7-8-15(10-18)13-23/h7-12,14,25H,1-6H3. The van der Waals surface area contributed by atoms with Gasteiger partial charge in [0.2, 0.25) is 0 Å². The second kappa shape index (κ2) is 6.72. The molecular formula is C22H26N2O. The van der Waals surface area contributed by atoms with Crippen LogP contribution in [-0.2, 0) is 10.8 Å². The third-order valence-electron chi connectivity index (χ3n) is 4.14. The van der Waals surface area contributed by atoms with Crippen LogP contribution in [-0.4, -0.2) is 11.3 Å². The fourth-order valence-electron chi connectivity index (χ4n) is 2.56. The van der Waals surface area contributed by atoms with Crippen molar-refractivity contribution in [2.45, 2.75) is 52.4 Å². The van der Waals surface area contributed by atoms with Crippen LogP contribution in [0.5, 0.6) is 5.75 Å². The van der Waals surface area contributed by atoms with Crippen LogP contribution in [0.4, 0.5) is 5.69 Å². The van der Waals surface area contributed by atoms with Crippen molar-refractivity contribution in [2.24, 2.45) is 4.99 Å². The predicted octanol–water partition coefficient (Wildman–Crippen LogP) is 5.61. The first-order chi connectivity index (χ1) is 11.5. The lowest BCUT2D eigenvalue weighted by atomic mass is 9.79. The minimum absolute atomic E-state index is 0.0307. The fraction of sp³-hybridized carbons (Fsp3) is 0.364. The monoisotopic (exact) mass is 334 g/mol. The highest BCUT2D eigenvalue weighted by Crippen LogP contribution is 2.37. The summed E-state index contributed by atoms with van der Waals surface area (Å²) < 4.78 is 0. The van der Waals surface area contributed by atoms with E-state index in [1.54, 1.807) is 24.4 Å². The van der Waals surface area contributed by atoms with Gasteiger partial charge in [-0.3, -0.25) is 4.99 Å². The molecule has 0 spiro atoms. The third kappa shape index (κ3) is 4.48. The number of aliphatic imine (C=N–C) groups is 1. The number of hydrogen-bond donors (Lipinski definition) is 1. The lowest BCUT2D eigenvalue weighted by Crippen LogP contribution is -2.17. The number of aromatic hydroxyl groups is 1. The SMILES string of the molecule is CC(C)(C)c1cc(C=Nc2cccc(C#N)c2)c(O)c(C(C)(C)C)c1. The van der Waals surface area contributed by atoms with Crippen LogP contribution in [0.25, 0.3) is 0 Å². The van der Waals surface area contributed by atoms with Crippen molar-refractivity contribution >= 4 is 11.9 Å². The van der Waals surface area contributed by atoms with Gasteiger partial charge < -0.3 is 5.11 Å². The Morgan fingerprint density at radius 2 is 1.68 bits per heavy atom. The van der Waals surface area contributed by atoms with Crippen molar-refractivity contribution in [2.75, 3.05) is 0 Å². The van der Waals surface area contributed by atoms with Crippen LogP contribution in [0.1, 0.15) is 63.8 Å². The number of nitriles is 1. The lowest BCUT2D eigenvalue weighted by Gasteiger charge is -2.26.